The molecule has 0 aromatic carbocycles. The number of hydrogen-bond donors (Lipinski definition) is 0. The fraction of sp³-hybridized carbons (Fsp3) is 1.00. The molecule has 0 aliphatic heterocycles. The summed E-state index contributed by atoms with van der Waals surface area (Å²) in [5, 5.41) is 0. The van der Waals surface area contributed by atoms with Gasteiger partial charge < -0.3 is 5.48 Å². The van der Waals surface area contributed by atoms with Crippen LogP contribution >= 0.6 is 0 Å². The molecule has 1 N–H and O–H groups in total. The Hall–Kier alpha value is -0.200. The summed E-state index contributed by atoms with van der Waals surface area (Å²) >= 11 is 0. The van der Waals surface area contributed by atoms with Gasteiger partial charge in [-0.15, -0.1) is 14.5 Å². The molecule has 0 spiro atoms. The summed E-state index contributed by atoms with van der Waals surface area (Å²) in [6.07, 6.45) is 0. The van der Waals surface area contributed by atoms with Crippen LogP contribution < -0.4 is 0 Å². The molecule has 0 aliphatic rings. The van der Waals surface area contributed by atoms with Gasteiger partial charge in [0, 0.05) is 0 Å². The van der Waals surface area contributed by atoms with E-state index in [2.05, 4.69) is 0 Å². The molecule has 0 heterocycles. The third-order valence-electron chi connectivity index (χ3n) is 1.22. The molecule has 0 aromatic heterocycles. The fourth-order valence-corrected chi connectivity index (χ4v) is 0.611. The maximum Gasteiger partial charge on any atom is 0.175 e. The molecule has 5 heteroatoms. The minimum Gasteiger partial charge on any atom is -0.870 e. The lowest BCUT2D eigenvalue weighted by atomic mass is 10.8. The predicted molar refractivity (Wildman–Crippen MR) is 33.8 cm³/mol. The van der Waals surface area contributed by atoms with E-state index in [1.54, 1.807) is 0 Å². The van der Waals surface area contributed by atoms with E-state index in [4.69, 9.17) is 14.5 Å². The van der Waals surface area contributed by atoms with E-state index < -0.39 is 0 Å². The van der Waals surface area contributed by atoms with Crippen LogP contribution in [0.1, 0.15) is 6.92 Å². The number of quaternary nitrogens is 1. The monoisotopic (exact) mass is 153 g/mol. The van der Waals surface area contributed by atoms with Crippen molar-refractivity contribution in [2.45, 2.75) is 6.92 Å². The smallest absolute Gasteiger partial charge is 0.175 e. The predicted octanol–water partition coefficient (Wildman–Crippen LogP) is 0.330. The van der Waals surface area contributed by atoms with Gasteiger partial charge in [0.2, 0.25) is 0 Å². The van der Waals surface area contributed by atoms with Gasteiger partial charge in [-0.25, -0.2) is 0 Å². The molecule has 0 atom stereocenters. The van der Waals surface area contributed by atoms with Crippen LogP contribution in [0.15, 0.2) is 0 Å². The molecule has 0 radical (unpaired) electrons. The molecular weight excluding hydrogens is 138 g/mol. The Morgan fingerprint density at radius 3 is 1.30 bits per heavy atom. The molecule has 5 nitrogen and oxygen atoms in total. The highest BCUT2D eigenvalue weighted by molar-refractivity contribution is 3.93. The summed E-state index contributed by atoms with van der Waals surface area (Å²) in [4.78, 5) is 14.4. The van der Waals surface area contributed by atoms with Gasteiger partial charge in [-0.3, -0.25) is 0 Å². The van der Waals surface area contributed by atoms with Crippen LogP contribution in [0.3, 0.4) is 0 Å². The maximum absolute atomic E-state index is 4.88. The second-order valence-corrected chi connectivity index (χ2v) is 1.47. The normalized spacial score (nSPS) is 10.8. The second kappa shape index (κ2) is 5.57. The standard InChI is InChI=1S/C5H14NO3.H2O/c1-5-6(7-2,8-3)9-4;/h5H2,1-4H3;1H2/q+1;/p-1. The zero-order valence-electron chi connectivity index (χ0n) is 6.83. The number of nitrogens with zero attached hydrogens (tertiary/aromatic N) is 1. The fourth-order valence-electron chi connectivity index (χ4n) is 0.611. The Morgan fingerprint density at radius 1 is 1.00 bits per heavy atom. The molecule has 0 saturated carbocycles. The van der Waals surface area contributed by atoms with Crippen LogP contribution in [0.2, 0.25) is 0 Å². The zero-order valence-corrected chi connectivity index (χ0v) is 6.83. The van der Waals surface area contributed by atoms with E-state index in [9.17, 15) is 0 Å². The summed E-state index contributed by atoms with van der Waals surface area (Å²) in [6, 6.07) is 0. The third kappa shape index (κ3) is 2.59. The highest BCUT2D eigenvalue weighted by Crippen LogP contribution is 2.05. The van der Waals surface area contributed by atoms with Crippen molar-refractivity contribution in [2.75, 3.05) is 27.9 Å². The Morgan fingerprint density at radius 2 is 1.30 bits per heavy atom. The second-order valence-electron chi connectivity index (χ2n) is 1.47. The maximum atomic E-state index is 4.88. The van der Waals surface area contributed by atoms with Crippen LogP contribution in [-0.4, -0.2) is 38.3 Å². The van der Waals surface area contributed by atoms with E-state index in [1.807, 2.05) is 6.92 Å². The molecule has 0 aliphatic carbocycles. The summed E-state index contributed by atoms with van der Waals surface area (Å²) in [5.74, 6) is 0. The van der Waals surface area contributed by atoms with Crippen molar-refractivity contribution in [1.29, 1.82) is 0 Å². The van der Waals surface area contributed by atoms with Crippen molar-refractivity contribution in [3.63, 3.8) is 0 Å². The molecule has 0 fully saturated rings. The van der Waals surface area contributed by atoms with Crippen molar-refractivity contribution in [3.05, 3.63) is 0 Å². The van der Waals surface area contributed by atoms with Crippen molar-refractivity contribution in [1.82, 2.24) is 0 Å². The molecule has 64 valence electrons. The molecule has 0 amide bonds. The first-order valence-electron chi connectivity index (χ1n) is 2.80. The van der Waals surface area contributed by atoms with E-state index in [0.717, 1.165) is 0 Å². The molecular formula is C5H15NO4. The summed E-state index contributed by atoms with van der Waals surface area (Å²) in [7, 11) is 4.57. The zero-order chi connectivity index (χ0) is 7.33. The van der Waals surface area contributed by atoms with Gasteiger partial charge in [0.25, 0.3) is 0 Å². The molecule has 10 heavy (non-hydrogen) atoms. The topological polar surface area (TPSA) is 57.7 Å². The Kier molecular flexibility index (Phi) is 6.95. The summed E-state index contributed by atoms with van der Waals surface area (Å²) in [5.41, 5.74) is 0. The first kappa shape index (κ1) is 12.5. The Balaban J connectivity index is 0. The lowest BCUT2D eigenvalue weighted by Crippen LogP contribution is -2.44. The average Bonchev–Trinajstić information content (AvgIpc) is 1.95. The van der Waals surface area contributed by atoms with Crippen LogP contribution in [0.25, 0.3) is 0 Å². The van der Waals surface area contributed by atoms with E-state index in [0.29, 0.717) is 6.54 Å². The number of hydroxylamine groups is 3. The quantitative estimate of drug-likeness (QED) is 0.431. The molecule has 0 aromatic rings. The van der Waals surface area contributed by atoms with Crippen LogP contribution in [0, 0.1) is 0 Å². The van der Waals surface area contributed by atoms with Gasteiger partial charge in [-0.2, -0.15) is 0 Å². The minimum absolute atomic E-state index is 0. The van der Waals surface area contributed by atoms with Gasteiger partial charge in [-0.1, -0.05) is 0 Å². The SMILES string of the molecule is CC[N+](OC)(OC)OC.[OH-]. The van der Waals surface area contributed by atoms with Gasteiger partial charge >= 0.3 is 0 Å². The van der Waals surface area contributed by atoms with Gasteiger partial charge in [0.1, 0.15) is 21.3 Å². The van der Waals surface area contributed by atoms with Crippen LogP contribution in [-0.2, 0) is 14.5 Å². The van der Waals surface area contributed by atoms with E-state index in [1.165, 1.54) is 21.3 Å². The number of hydrogen-bond acceptors (Lipinski definition) is 4. The largest absolute Gasteiger partial charge is 0.870 e. The van der Waals surface area contributed by atoms with Crippen LogP contribution in [0.5, 0.6) is 0 Å². The molecule has 0 saturated heterocycles. The summed E-state index contributed by atoms with van der Waals surface area (Å²) in [6.45, 7) is 2.51. The summed E-state index contributed by atoms with van der Waals surface area (Å²) < 4.78 is 0. The lowest BCUT2D eigenvalue weighted by molar-refractivity contribution is -1.36. The highest BCUT2D eigenvalue weighted by Gasteiger charge is 2.26. The van der Waals surface area contributed by atoms with Gasteiger partial charge in [-0.05, 0) is 6.92 Å². The first-order valence-corrected chi connectivity index (χ1v) is 2.80. The van der Waals surface area contributed by atoms with Crippen molar-refractivity contribution < 1.29 is 25.0 Å². The van der Waals surface area contributed by atoms with E-state index >= 15 is 0 Å². The number of rotatable bonds is 4. The highest BCUT2D eigenvalue weighted by atomic mass is 17.2. The molecule has 0 unspecified atom stereocenters. The average molecular weight is 153 g/mol. The third-order valence-corrected chi connectivity index (χ3v) is 1.22. The molecule has 0 rings (SSSR count). The van der Waals surface area contributed by atoms with Gasteiger partial charge in [0.15, 0.2) is 6.54 Å². The molecule has 0 bridgehead atoms. The van der Waals surface area contributed by atoms with Crippen molar-refractivity contribution in [2.24, 2.45) is 0 Å². The lowest BCUT2D eigenvalue weighted by Gasteiger charge is -2.22. The van der Waals surface area contributed by atoms with E-state index in [-0.39, 0.29) is 10.4 Å². The van der Waals surface area contributed by atoms with Crippen molar-refractivity contribution >= 4 is 0 Å². The Labute approximate surface area is 60.9 Å². The first-order chi connectivity index (χ1) is 4.24. The minimum atomic E-state index is -0.222. The van der Waals surface area contributed by atoms with Gasteiger partial charge in [0.05, 0.1) is 4.97 Å². The van der Waals surface area contributed by atoms with Crippen LogP contribution in [0.4, 0.5) is 0 Å². The Bertz CT molecular complexity index is 56.5. The van der Waals surface area contributed by atoms with Crippen molar-refractivity contribution in [3.8, 4) is 0 Å².